The molecule has 2 aromatic carbocycles. The van der Waals surface area contributed by atoms with E-state index in [9.17, 15) is 13.2 Å². The Morgan fingerprint density at radius 2 is 1.41 bits per heavy atom. The number of unbranched alkanes of at least 4 members (excludes halogenated alkanes) is 8. The number of fused-ring (bicyclic) bond motifs is 1. The molecule has 0 aliphatic carbocycles. The number of Topliss-reactive ketones (excluding diaryl/α,β-unsaturated/α-hetero) is 1. The van der Waals surface area contributed by atoms with Crippen LogP contribution in [-0.4, -0.2) is 19.2 Å². The highest BCUT2D eigenvalue weighted by molar-refractivity contribution is 7.91. The molecule has 0 aliphatic rings. The van der Waals surface area contributed by atoms with Gasteiger partial charge in [0.1, 0.15) is 5.03 Å². The molecule has 0 bridgehead atoms. The molecule has 0 atom stereocenters. The van der Waals surface area contributed by atoms with E-state index in [1.807, 2.05) is 31.2 Å². The lowest BCUT2D eigenvalue weighted by Gasteiger charge is -2.07. The van der Waals surface area contributed by atoms with E-state index in [4.69, 9.17) is 0 Å². The van der Waals surface area contributed by atoms with Gasteiger partial charge in [-0.1, -0.05) is 94.2 Å². The van der Waals surface area contributed by atoms with Gasteiger partial charge in [0.2, 0.25) is 9.84 Å². The smallest absolute Gasteiger partial charge is 0.222 e. The third-order valence-electron chi connectivity index (χ3n) is 6.06. The van der Waals surface area contributed by atoms with Crippen molar-refractivity contribution in [2.75, 3.05) is 0 Å². The number of aromatic amines is 1. The molecule has 5 heteroatoms. The number of carbonyl (C=O) groups excluding carboxylic acids is 1. The van der Waals surface area contributed by atoms with Crippen LogP contribution in [0.1, 0.15) is 87.1 Å². The number of para-hydroxylation sites is 1. The Balaban J connectivity index is 1.72. The molecule has 3 rings (SSSR count). The molecule has 0 amide bonds. The number of nitrogens with one attached hydrogen (secondary N) is 1. The minimum Gasteiger partial charge on any atom is -0.345 e. The second kappa shape index (κ2) is 11.5. The average Bonchev–Trinajstić information content (AvgIpc) is 3.19. The van der Waals surface area contributed by atoms with Gasteiger partial charge in [-0.05, 0) is 31.5 Å². The first kappa shape index (κ1) is 24.2. The summed E-state index contributed by atoms with van der Waals surface area (Å²) >= 11 is 0. The van der Waals surface area contributed by atoms with Crippen molar-refractivity contribution in [1.82, 2.24) is 4.98 Å². The number of rotatable bonds is 13. The number of aromatic nitrogens is 1. The zero-order valence-corrected chi connectivity index (χ0v) is 20.1. The van der Waals surface area contributed by atoms with Gasteiger partial charge in [0.25, 0.3) is 0 Å². The van der Waals surface area contributed by atoms with Crippen LogP contribution >= 0.6 is 0 Å². The van der Waals surface area contributed by atoms with Gasteiger partial charge < -0.3 is 4.98 Å². The fourth-order valence-electron chi connectivity index (χ4n) is 4.15. The third kappa shape index (κ3) is 5.89. The van der Waals surface area contributed by atoms with Gasteiger partial charge in [-0.25, -0.2) is 8.42 Å². The molecule has 0 aliphatic heterocycles. The molecule has 0 unspecified atom stereocenters. The Labute approximate surface area is 192 Å². The van der Waals surface area contributed by atoms with Gasteiger partial charge in [0, 0.05) is 17.3 Å². The standard InChI is InChI=1S/C27H35NO3S/c1-3-4-5-6-7-8-9-10-11-16-25(29)26-23-14-12-13-15-24(23)28-27(26)32(30,31)22-19-17-21(2)18-20-22/h12-15,17-20,28H,3-11,16H2,1-2H3. The van der Waals surface area contributed by atoms with Crippen molar-refractivity contribution in [3.63, 3.8) is 0 Å². The molecule has 3 aromatic rings. The van der Waals surface area contributed by atoms with Crippen LogP contribution in [-0.2, 0) is 9.84 Å². The number of ketones is 1. The Kier molecular flexibility index (Phi) is 8.68. The highest BCUT2D eigenvalue weighted by atomic mass is 32.2. The van der Waals surface area contributed by atoms with Crippen molar-refractivity contribution in [1.29, 1.82) is 0 Å². The average molecular weight is 454 g/mol. The maximum absolute atomic E-state index is 13.4. The molecule has 0 radical (unpaired) electrons. The van der Waals surface area contributed by atoms with E-state index in [0.717, 1.165) is 24.8 Å². The molecule has 4 nitrogen and oxygen atoms in total. The second-order valence-electron chi connectivity index (χ2n) is 8.69. The van der Waals surface area contributed by atoms with E-state index in [2.05, 4.69) is 11.9 Å². The lowest BCUT2D eigenvalue weighted by atomic mass is 10.0. The van der Waals surface area contributed by atoms with Gasteiger partial charge in [-0.3, -0.25) is 4.79 Å². The van der Waals surface area contributed by atoms with E-state index in [1.165, 1.54) is 38.5 Å². The van der Waals surface area contributed by atoms with Gasteiger partial charge >= 0.3 is 0 Å². The van der Waals surface area contributed by atoms with Crippen LogP contribution in [0.4, 0.5) is 0 Å². The first-order chi connectivity index (χ1) is 15.4. The molecular weight excluding hydrogens is 418 g/mol. The Morgan fingerprint density at radius 3 is 2.06 bits per heavy atom. The first-order valence-corrected chi connectivity index (χ1v) is 13.4. The number of H-pyrrole nitrogens is 1. The molecule has 0 saturated heterocycles. The van der Waals surface area contributed by atoms with Crippen molar-refractivity contribution >= 4 is 26.5 Å². The van der Waals surface area contributed by atoms with Crippen molar-refractivity contribution in [2.24, 2.45) is 0 Å². The molecule has 1 N–H and O–H groups in total. The molecule has 1 aromatic heterocycles. The van der Waals surface area contributed by atoms with E-state index >= 15 is 0 Å². The van der Waals surface area contributed by atoms with E-state index in [-0.39, 0.29) is 15.7 Å². The summed E-state index contributed by atoms with van der Waals surface area (Å²) in [6, 6.07) is 14.1. The lowest BCUT2D eigenvalue weighted by Crippen LogP contribution is -2.09. The Morgan fingerprint density at radius 1 is 0.812 bits per heavy atom. The SMILES string of the molecule is CCCCCCCCCCCC(=O)c1c(S(=O)(=O)c2ccc(C)cc2)[nH]c2ccccc12. The normalized spacial score (nSPS) is 11.8. The zero-order chi connectivity index (χ0) is 23.0. The van der Waals surface area contributed by atoms with Crippen molar-refractivity contribution in [3.05, 3.63) is 59.7 Å². The Bertz CT molecular complexity index is 1130. The number of hydrogen-bond acceptors (Lipinski definition) is 3. The highest BCUT2D eigenvalue weighted by Crippen LogP contribution is 2.31. The van der Waals surface area contributed by atoms with Crippen molar-refractivity contribution in [3.8, 4) is 0 Å². The van der Waals surface area contributed by atoms with Gasteiger partial charge in [0.05, 0.1) is 10.5 Å². The summed E-state index contributed by atoms with van der Waals surface area (Å²) < 4.78 is 26.8. The summed E-state index contributed by atoms with van der Waals surface area (Å²) in [6.45, 7) is 4.14. The van der Waals surface area contributed by atoms with Gasteiger partial charge in [-0.2, -0.15) is 0 Å². The molecule has 172 valence electrons. The van der Waals surface area contributed by atoms with Gasteiger partial charge in [-0.15, -0.1) is 0 Å². The largest absolute Gasteiger partial charge is 0.345 e. The minimum atomic E-state index is -3.82. The number of aryl methyl sites for hydroxylation is 1. The lowest BCUT2D eigenvalue weighted by molar-refractivity contribution is 0.0977. The molecule has 32 heavy (non-hydrogen) atoms. The monoisotopic (exact) mass is 453 g/mol. The first-order valence-electron chi connectivity index (χ1n) is 11.9. The van der Waals surface area contributed by atoms with Crippen LogP contribution in [0.15, 0.2) is 58.5 Å². The quantitative estimate of drug-likeness (QED) is 0.216. The maximum atomic E-state index is 13.4. The van der Waals surface area contributed by atoms with Crippen LogP contribution in [0.25, 0.3) is 10.9 Å². The van der Waals surface area contributed by atoms with Crippen molar-refractivity contribution < 1.29 is 13.2 Å². The second-order valence-corrected chi connectivity index (χ2v) is 10.6. The topological polar surface area (TPSA) is 67.0 Å². The third-order valence-corrected chi connectivity index (χ3v) is 7.79. The maximum Gasteiger partial charge on any atom is 0.222 e. The molecule has 1 heterocycles. The van der Waals surface area contributed by atoms with Crippen LogP contribution in [0.3, 0.4) is 0 Å². The fourth-order valence-corrected chi connectivity index (χ4v) is 5.62. The number of benzene rings is 2. The number of sulfone groups is 1. The van der Waals surface area contributed by atoms with Gasteiger partial charge in [0.15, 0.2) is 5.78 Å². The number of hydrogen-bond donors (Lipinski definition) is 1. The highest BCUT2D eigenvalue weighted by Gasteiger charge is 2.28. The molecule has 0 saturated carbocycles. The van der Waals surface area contributed by atoms with E-state index in [0.29, 0.717) is 22.9 Å². The summed E-state index contributed by atoms with van der Waals surface area (Å²) in [7, 11) is -3.82. The minimum absolute atomic E-state index is 0.0171. The predicted octanol–water partition coefficient (Wildman–Crippen LogP) is 7.41. The summed E-state index contributed by atoms with van der Waals surface area (Å²) in [5, 5.41) is 0.697. The summed E-state index contributed by atoms with van der Waals surface area (Å²) in [5.74, 6) is -0.101. The van der Waals surface area contributed by atoms with Crippen molar-refractivity contribution in [2.45, 2.75) is 88.0 Å². The molecule has 0 fully saturated rings. The fraction of sp³-hybridized carbons (Fsp3) is 0.444. The van der Waals surface area contributed by atoms with Crippen LogP contribution < -0.4 is 0 Å². The van der Waals surface area contributed by atoms with Crippen LogP contribution in [0, 0.1) is 6.92 Å². The van der Waals surface area contributed by atoms with E-state index in [1.54, 1.807) is 24.3 Å². The zero-order valence-electron chi connectivity index (χ0n) is 19.3. The van der Waals surface area contributed by atoms with Crippen LogP contribution in [0.2, 0.25) is 0 Å². The molecular formula is C27H35NO3S. The summed E-state index contributed by atoms with van der Waals surface area (Å²) in [4.78, 5) is 16.4. The number of carbonyl (C=O) groups is 1. The summed E-state index contributed by atoms with van der Waals surface area (Å²) in [6.07, 6.45) is 10.9. The Hall–Kier alpha value is -2.40. The predicted molar refractivity (Wildman–Crippen MR) is 131 cm³/mol. The van der Waals surface area contributed by atoms with E-state index < -0.39 is 9.84 Å². The summed E-state index contributed by atoms with van der Waals surface area (Å²) in [5.41, 5.74) is 1.97. The van der Waals surface area contributed by atoms with Crippen LogP contribution in [0.5, 0.6) is 0 Å². The molecule has 0 spiro atoms.